The molecule has 2 aromatic carbocycles. The Kier molecular flexibility index (Phi) is 6.30. The normalized spacial score (nSPS) is 24.4. The Morgan fingerprint density at radius 3 is 2.22 bits per heavy atom. The lowest BCUT2D eigenvalue weighted by Gasteiger charge is -2.54. The zero-order valence-corrected chi connectivity index (χ0v) is 19.7. The molecule has 2 aromatic rings. The summed E-state index contributed by atoms with van der Waals surface area (Å²) in [4.78, 5) is 26.1. The van der Waals surface area contributed by atoms with Gasteiger partial charge in [0, 0.05) is 29.9 Å². The number of nitrogens with zero attached hydrogens (tertiary/aromatic N) is 1. The van der Waals surface area contributed by atoms with Crippen LogP contribution in [-0.4, -0.2) is 35.7 Å². The number of alkyl halides is 1. The highest BCUT2D eigenvalue weighted by Gasteiger charge is 2.49. The molecule has 4 aliphatic rings. The molecule has 3 aliphatic carbocycles. The second-order valence-corrected chi connectivity index (χ2v) is 10.1. The first-order chi connectivity index (χ1) is 17.2. The third kappa shape index (κ3) is 4.37. The molecular formula is C26H28F4N4O2. The Labute approximate surface area is 206 Å². The Morgan fingerprint density at radius 1 is 0.917 bits per heavy atom. The summed E-state index contributed by atoms with van der Waals surface area (Å²) >= 11 is 0. The number of hydrogen-bond donors (Lipinski definition) is 3. The highest BCUT2D eigenvalue weighted by atomic mass is 19.2. The maximum absolute atomic E-state index is 14.0. The number of urea groups is 2. The van der Waals surface area contributed by atoms with Crippen molar-refractivity contribution in [3.05, 3.63) is 64.5 Å². The predicted octanol–water partition coefficient (Wildman–Crippen LogP) is 5.26. The maximum Gasteiger partial charge on any atom is 0.322 e. The molecule has 4 amide bonds. The zero-order valence-electron chi connectivity index (χ0n) is 19.7. The van der Waals surface area contributed by atoms with Crippen molar-refractivity contribution in [3.63, 3.8) is 0 Å². The van der Waals surface area contributed by atoms with E-state index in [-0.39, 0.29) is 47.7 Å². The van der Waals surface area contributed by atoms with Gasteiger partial charge in [-0.05, 0) is 73.3 Å². The van der Waals surface area contributed by atoms with Gasteiger partial charge in [-0.25, -0.2) is 27.2 Å². The second kappa shape index (κ2) is 9.29. The van der Waals surface area contributed by atoms with Crippen LogP contribution in [0.5, 0.6) is 0 Å². The fraction of sp³-hybridized carbons (Fsp3) is 0.462. The standard InChI is InChI=1S/C26H28F4N4O2/c27-11-12-31-23(35)33-26-8-5-25(6-9-26,7-10-26)17-1-3-18(4-2-17)32-24(36)34-14-16-13-20(28)22(30)21(29)19(16)15-34/h1-4,13H,5-12,14-15H2,(H,32,36)(H2,31,33,35). The summed E-state index contributed by atoms with van der Waals surface area (Å²) in [6, 6.07) is 7.78. The molecule has 0 unspecified atom stereocenters. The molecule has 0 aromatic heterocycles. The average Bonchev–Trinajstić information content (AvgIpc) is 3.32. The molecule has 10 heteroatoms. The van der Waals surface area contributed by atoms with E-state index in [1.165, 1.54) is 10.5 Å². The molecule has 3 saturated carbocycles. The number of fused-ring (bicyclic) bond motifs is 4. The second-order valence-electron chi connectivity index (χ2n) is 10.1. The molecule has 6 rings (SSSR count). The SMILES string of the molecule is O=C(NCCF)NC12CCC(c3ccc(NC(=O)N4Cc5cc(F)c(F)c(F)c5C4)cc3)(CC1)CC2. The molecule has 0 atom stereocenters. The summed E-state index contributed by atoms with van der Waals surface area (Å²) in [5.41, 5.74) is 1.78. The number of amides is 4. The lowest BCUT2D eigenvalue weighted by molar-refractivity contribution is 0.0835. The first-order valence-corrected chi connectivity index (χ1v) is 12.2. The van der Waals surface area contributed by atoms with Crippen LogP contribution in [0.25, 0.3) is 0 Å². The van der Waals surface area contributed by atoms with Crippen molar-refractivity contribution < 1.29 is 27.2 Å². The van der Waals surface area contributed by atoms with Gasteiger partial charge in [0.05, 0.1) is 6.54 Å². The van der Waals surface area contributed by atoms with Crippen LogP contribution in [0.1, 0.15) is 55.2 Å². The number of halogens is 4. The molecule has 0 saturated heterocycles. The van der Waals surface area contributed by atoms with E-state index in [9.17, 15) is 27.2 Å². The number of nitrogens with one attached hydrogen (secondary N) is 3. The van der Waals surface area contributed by atoms with Crippen LogP contribution in [0.2, 0.25) is 0 Å². The first kappa shape index (κ1) is 24.4. The summed E-state index contributed by atoms with van der Waals surface area (Å²) in [6.07, 6.45) is 5.32. The van der Waals surface area contributed by atoms with Crippen molar-refractivity contribution in [2.45, 2.75) is 62.6 Å². The van der Waals surface area contributed by atoms with E-state index in [1.54, 1.807) is 0 Å². The Balaban J connectivity index is 1.19. The molecule has 36 heavy (non-hydrogen) atoms. The minimum Gasteiger partial charge on any atom is -0.336 e. The van der Waals surface area contributed by atoms with Crippen molar-refractivity contribution in [3.8, 4) is 0 Å². The summed E-state index contributed by atoms with van der Waals surface area (Å²) < 4.78 is 53.4. The van der Waals surface area contributed by atoms with Crippen molar-refractivity contribution in [1.82, 2.24) is 15.5 Å². The minimum atomic E-state index is -1.52. The average molecular weight is 505 g/mol. The highest BCUT2D eigenvalue weighted by Crippen LogP contribution is 2.53. The quantitative estimate of drug-likeness (QED) is 0.384. The van der Waals surface area contributed by atoms with Crippen molar-refractivity contribution in [2.75, 3.05) is 18.5 Å². The number of anilines is 1. The van der Waals surface area contributed by atoms with Gasteiger partial charge in [-0.15, -0.1) is 0 Å². The van der Waals surface area contributed by atoms with E-state index in [0.717, 1.165) is 44.6 Å². The smallest absolute Gasteiger partial charge is 0.322 e. The Morgan fingerprint density at radius 2 is 1.58 bits per heavy atom. The summed E-state index contributed by atoms with van der Waals surface area (Å²) in [5, 5.41) is 8.38. The van der Waals surface area contributed by atoms with Gasteiger partial charge < -0.3 is 20.9 Å². The Bertz CT molecular complexity index is 1160. The third-order valence-corrected chi connectivity index (χ3v) is 8.11. The first-order valence-electron chi connectivity index (χ1n) is 12.2. The molecule has 3 N–H and O–H groups in total. The van der Waals surface area contributed by atoms with Crippen molar-refractivity contribution >= 4 is 17.7 Å². The van der Waals surface area contributed by atoms with E-state index >= 15 is 0 Å². The molecule has 1 heterocycles. The predicted molar refractivity (Wildman–Crippen MR) is 126 cm³/mol. The number of rotatable bonds is 5. The molecular weight excluding hydrogens is 476 g/mol. The molecule has 3 fully saturated rings. The molecule has 192 valence electrons. The summed E-state index contributed by atoms with van der Waals surface area (Å²) in [5.74, 6) is -4.03. The maximum atomic E-state index is 14.0. The van der Waals surface area contributed by atoms with E-state index in [2.05, 4.69) is 16.0 Å². The van der Waals surface area contributed by atoms with Gasteiger partial charge in [-0.2, -0.15) is 0 Å². The monoisotopic (exact) mass is 504 g/mol. The molecule has 2 bridgehead atoms. The van der Waals surface area contributed by atoms with E-state index in [4.69, 9.17) is 0 Å². The van der Waals surface area contributed by atoms with Gasteiger partial charge in [0.1, 0.15) is 6.67 Å². The van der Waals surface area contributed by atoms with Crippen LogP contribution in [0.3, 0.4) is 0 Å². The Hall–Kier alpha value is -3.30. The number of carbonyl (C=O) groups is 2. The number of hydrogen-bond acceptors (Lipinski definition) is 2. The summed E-state index contributed by atoms with van der Waals surface area (Å²) in [7, 11) is 0. The lowest BCUT2D eigenvalue weighted by Crippen LogP contribution is -2.59. The van der Waals surface area contributed by atoms with Crippen molar-refractivity contribution in [1.29, 1.82) is 0 Å². The molecule has 0 spiro atoms. The fourth-order valence-corrected chi connectivity index (χ4v) is 5.95. The topological polar surface area (TPSA) is 73.5 Å². The van der Waals surface area contributed by atoms with Gasteiger partial charge >= 0.3 is 12.1 Å². The molecule has 0 radical (unpaired) electrons. The van der Waals surface area contributed by atoms with Crippen molar-refractivity contribution in [2.24, 2.45) is 0 Å². The van der Waals surface area contributed by atoms with Crippen LogP contribution in [-0.2, 0) is 18.5 Å². The fourth-order valence-electron chi connectivity index (χ4n) is 5.95. The van der Waals surface area contributed by atoms with Crippen LogP contribution in [0, 0.1) is 17.5 Å². The van der Waals surface area contributed by atoms with Crippen LogP contribution in [0.4, 0.5) is 32.8 Å². The van der Waals surface area contributed by atoms with Crippen LogP contribution < -0.4 is 16.0 Å². The minimum absolute atomic E-state index is 0.00134. The largest absolute Gasteiger partial charge is 0.336 e. The lowest BCUT2D eigenvalue weighted by atomic mass is 9.55. The van der Waals surface area contributed by atoms with E-state index in [1.807, 2.05) is 24.3 Å². The van der Waals surface area contributed by atoms with Crippen LogP contribution >= 0.6 is 0 Å². The third-order valence-electron chi connectivity index (χ3n) is 8.11. The number of carbonyl (C=O) groups excluding carboxylic acids is 2. The van der Waals surface area contributed by atoms with Gasteiger partial charge in [-0.1, -0.05) is 12.1 Å². The summed E-state index contributed by atoms with van der Waals surface area (Å²) in [6.45, 7) is -0.720. The van der Waals surface area contributed by atoms with Gasteiger partial charge in [0.25, 0.3) is 0 Å². The van der Waals surface area contributed by atoms with Gasteiger partial charge in [-0.3, -0.25) is 0 Å². The molecule has 1 aliphatic heterocycles. The highest BCUT2D eigenvalue weighted by molar-refractivity contribution is 5.89. The van der Waals surface area contributed by atoms with E-state index in [0.29, 0.717) is 5.69 Å². The van der Waals surface area contributed by atoms with Crippen LogP contribution in [0.15, 0.2) is 30.3 Å². The van der Waals surface area contributed by atoms with Gasteiger partial charge in [0.15, 0.2) is 17.5 Å². The molecule has 6 nitrogen and oxygen atoms in total. The number of benzene rings is 2. The van der Waals surface area contributed by atoms with E-state index < -0.39 is 30.2 Å². The zero-order chi connectivity index (χ0) is 25.5. The van der Waals surface area contributed by atoms with Gasteiger partial charge in [0.2, 0.25) is 0 Å².